The molecule has 0 amide bonds. The molecule has 0 spiro atoms. The van der Waals surface area contributed by atoms with Gasteiger partial charge in [-0.2, -0.15) is 0 Å². The molecule has 2 aromatic carbocycles. The number of aromatic nitrogens is 2. The maximum Gasteiger partial charge on any atom is 0.343 e. The number of fused-ring (bicyclic) bond motifs is 3. The minimum atomic E-state index is 0.420. The van der Waals surface area contributed by atoms with Gasteiger partial charge in [-0.1, -0.05) is 42.5 Å². The Hall–Kier alpha value is -2.88. The average Bonchev–Trinajstić information content (AvgIpc) is 2.87. The maximum atomic E-state index is 5.94. The first kappa shape index (κ1) is 11.9. The number of nitrogens with zero attached hydrogens (tertiary/aromatic N) is 1. The van der Waals surface area contributed by atoms with Gasteiger partial charge >= 0.3 is 5.95 Å². The lowest BCUT2D eigenvalue weighted by molar-refractivity contribution is -0.347. The van der Waals surface area contributed by atoms with Crippen LogP contribution in [0.5, 0.6) is 0 Å². The van der Waals surface area contributed by atoms with E-state index in [1.807, 2.05) is 36.4 Å². The monoisotopic (exact) mass is 275 g/mol. The van der Waals surface area contributed by atoms with Gasteiger partial charge in [0.2, 0.25) is 5.82 Å². The first-order chi connectivity index (χ1) is 10.3. The Morgan fingerprint density at radius 2 is 1.76 bits per heavy atom. The zero-order valence-corrected chi connectivity index (χ0v) is 11.4. The van der Waals surface area contributed by atoms with Gasteiger partial charge in [0, 0.05) is 12.0 Å². The Kier molecular flexibility index (Phi) is 2.60. The van der Waals surface area contributed by atoms with Gasteiger partial charge in [-0.3, -0.25) is 5.32 Å². The van der Waals surface area contributed by atoms with Crippen LogP contribution in [0.15, 0.2) is 54.6 Å². The molecule has 0 saturated heterocycles. The maximum absolute atomic E-state index is 5.94. The van der Waals surface area contributed by atoms with Gasteiger partial charge < -0.3 is 5.73 Å². The summed E-state index contributed by atoms with van der Waals surface area (Å²) < 4.78 is 0. The number of nitrogens with one attached hydrogen (secondary N) is 2. The molecular weight excluding hydrogens is 260 g/mol. The van der Waals surface area contributed by atoms with Gasteiger partial charge in [0.05, 0.1) is 11.3 Å². The fourth-order valence-electron chi connectivity index (χ4n) is 2.80. The molecule has 1 aromatic heterocycles. The molecule has 1 heterocycles. The third-order valence-electron chi connectivity index (χ3n) is 3.76. The molecule has 21 heavy (non-hydrogen) atoms. The average molecular weight is 275 g/mol. The molecular formula is C17H15N4+. The van der Waals surface area contributed by atoms with Crippen molar-refractivity contribution in [2.24, 2.45) is 0 Å². The Labute approximate surface area is 122 Å². The van der Waals surface area contributed by atoms with Crippen molar-refractivity contribution in [1.29, 1.82) is 0 Å². The molecule has 3 aromatic rings. The van der Waals surface area contributed by atoms with Crippen molar-refractivity contribution >= 4 is 17.5 Å². The summed E-state index contributed by atoms with van der Waals surface area (Å²) in [5.74, 6) is 1.34. The zero-order valence-electron chi connectivity index (χ0n) is 11.4. The summed E-state index contributed by atoms with van der Waals surface area (Å²) in [6.07, 6.45) is 0.866. The predicted molar refractivity (Wildman–Crippen MR) is 83.2 cm³/mol. The summed E-state index contributed by atoms with van der Waals surface area (Å²) in [5, 5.41) is 3.40. The Bertz CT molecular complexity index is 812. The molecule has 1 aliphatic rings. The highest BCUT2D eigenvalue weighted by Crippen LogP contribution is 2.37. The van der Waals surface area contributed by atoms with Crippen LogP contribution in [0.4, 0.5) is 17.5 Å². The summed E-state index contributed by atoms with van der Waals surface area (Å²) in [6.45, 7) is 0. The van der Waals surface area contributed by atoms with Crippen molar-refractivity contribution in [2.45, 2.75) is 6.42 Å². The second kappa shape index (κ2) is 4.59. The molecule has 0 bridgehead atoms. The Morgan fingerprint density at radius 1 is 1.00 bits per heavy atom. The van der Waals surface area contributed by atoms with E-state index in [-0.39, 0.29) is 0 Å². The van der Waals surface area contributed by atoms with Crippen LogP contribution >= 0.6 is 0 Å². The minimum absolute atomic E-state index is 0.420. The molecule has 0 fully saturated rings. The van der Waals surface area contributed by atoms with E-state index in [1.165, 1.54) is 11.1 Å². The molecule has 0 unspecified atom stereocenters. The summed E-state index contributed by atoms with van der Waals surface area (Å²) in [7, 11) is 0. The fourth-order valence-corrected chi connectivity index (χ4v) is 2.80. The highest BCUT2D eigenvalue weighted by molar-refractivity contribution is 5.78. The molecule has 0 aliphatic heterocycles. The molecule has 1 aliphatic carbocycles. The number of hydrogen-bond donors (Lipinski definition) is 2. The van der Waals surface area contributed by atoms with Crippen LogP contribution in [0.3, 0.4) is 0 Å². The second-order valence-corrected chi connectivity index (χ2v) is 5.15. The summed E-state index contributed by atoms with van der Waals surface area (Å²) in [6, 6.07) is 18.4. The quantitative estimate of drug-likeness (QED) is 0.591. The van der Waals surface area contributed by atoms with Crippen molar-refractivity contribution < 1.29 is 4.98 Å². The van der Waals surface area contributed by atoms with Crippen LogP contribution < -0.4 is 16.0 Å². The normalized spacial score (nSPS) is 11.8. The number of benzene rings is 2. The molecule has 0 atom stereocenters. The lowest BCUT2D eigenvalue weighted by Gasteiger charge is -2.06. The molecule has 0 saturated carbocycles. The van der Waals surface area contributed by atoms with E-state index in [0.29, 0.717) is 5.95 Å². The molecule has 4 rings (SSSR count). The number of hydrogen-bond acceptors (Lipinski definition) is 3. The van der Waals surface area contributed by atoms with Gasteiger partial charge in [-0.25, -0.2) is 4.98 Å². The van der Waals surface area contributed by atoms with E-state index < -0.39 is 0 Å². The first-order valence-electron chi connectivity index (χ1n) is 6.93. The van der Waals surface area contributed by atoms with Gasteiger partial charge in [-0.05, 0) is 17.7 Å². The Balaban J connectivity index is 1.82. The fraction of sp³-hybridized carbons (Fsp3) is 0.0588. The first-order valence-corrected chi connectivity index (χ1v) is 6.93. The van der Waals surface area contributed by atoms with Crippen LogP contribution in [-0.2, 0) is 6.42 Å². The number of rotatable bonds is 2. The van der Waals surface area contributed by atoms with E-state index in [2.05, 4.69) is 33.5 Å². The third-order valence-corrected chi connectivity index (χ3v) is 3.76. The van der Waals surface area contributed by atoms with E-state index in [0.717, 1.165) is 29.2 Å². The molecule has 4 N–H and O–H groups in total. The zero-order chi connectivity index (χ0) is 14.2. The van der Waals surface area contributed by atoms with Crippen molar-refractivity contribution in [2.75, 3.05) is 11.1 Å². The summed E-state index contributed by atoms with van der Waals surface area (Å²) >= 11 is 0. The smallest absolute Gasteiger partial charge is 0.308 e. The SMILES string of the molecule is Nc1nc2c(c(Nc3ccccc3)[nH+]1)Cc1ccccc1-2. The lowest BCUT2D eigenvalue weighted by Crippen LogP contribution is -2.19. The molecule has 4 nitrogen and oxygen atoms in total. The van der Waals surface area contributed by atoms with Gasteiger partial charge in [-0.15, -0.1) is 4.98 Å². The van der Waals surface area contributed by atoms with Crippen molar-refractivity contribution in [3.8, 4) is 11.3 Å². The minimum Gasteiger partial charge on any atom is -0.308 e. The second-order valence-electron chi connectivity index (χ2n) is 5.15. The number of para-hydroxylation sites is 1. The van der Waals surface area contributed by atoms with E-state index in [1.54, 1.807) is 0 Å². The largest absolute Gasteiger partial charge is 0.343 e. The lowest BCUT2D eigenvalue weighted by atomic mass is 10.1. The van der Waals surface area contributed by atoms with Crippen LogP contribution in [0.1, 0.15) is 11.1 Å². The Morgan fingerprint density at radius 3 is 2.62 bits per heavy atom. The topological polar surface area (TPSA) is 65.1 Å². The standard InChI is InChI=1S/C17H14N4/c18-17-20-15-13-9-5-4-6-11(13)10-14(15)16(21-17)19-12-7-2-1-3-8-12/h1-9H,10H2,(H3,18,19,20,21)/p+1. The summed E-state index contributed by atoms with van der Waals surface area (Å²) in [5.41, 5.74) is 11.6. The number of nitrogens with two attached hydrogens (primary N) is 1. The number of nitrogen functional groups attached to an aromatic ring is 1. The predicted octanol–water partition coefficient (Wildman–Crippen LogP) is 2.79. The molecule has 102 valence electrons. The van der Waals surface area contributed by atoms with Crippen molar-refractivity contribution in [1.82, 2.24) is 4.98 Å². The number of anilines is 3. The van der Waals surface area contributed by atoms with E-state index >= 15 is 0 Å². The van der Waals surface area contributed by atoms with Gasteiger partial charge in [0.15, 0.2) is 0 Å². The summed E-state index contributed by atoms with van der Waals surface area (Å²) in [4.78, 5) is 7.63. The molecule has 4 heteroatoms. The van der Waals surface area contributed by atoms with Gasteiger partial charge in [0.25, 0.3) is 0 Å². The number of H-pyrrole nitrogens is 1. The van der Waals surface area contributed by atoms with Crippen molar-refractivity contribution in [3.63, 3.8) is 0 Å². The van der Waals surface area contributed by atoms with E-state index in [4.69, 9.17) is 5.73 Å². The van der Waals surface area contributed by atoms with E-state index in [9.17, 15) is 0 Å². The molecule has 0 radical (unpaired) electrons. The highest BCUT2D eigenvalue weighted by Gasteiger charge is 2.27. The van der Waals surface area contributed by atoms with Crippen molar-refractivity contribution in [3.05, 3.63) is 65.7 Å². The van der Waals surface area contributed by atoms with Gasteiger partial charge in [0.1, 0.15) is 5.69 Å². The van der Waals surface area contributed by atoms with Crippen LogP contribution in [0.2, 0.25) is 0 Å². The number of aromatic amines is 1. The van der Waals surface area contributed by atoms with Crippen LogP contribution in [0, 0.1) is 0 Å². The van der Waals surface area contributed by atoms with Crippen LogP contribution in [-0.4, -0.2) is 4.98 Å². The van der Waals surface area contributed by atoms with Crippen LogP contribution in [0.25, 0.3) is 11.3 Å². The highest BCUT2D eigenvalue weighted by atomic mass is 15.1. The third kappa shape index (κ3) is 2.01.